The first-order chi connectivity index (χ1) is 20.0. The summed E-state index contributed by atoms with van der Waals surface area (Å²) >= 11 is 0. The number of hydrogen-bond donors (Lipinski definition) is 2. The van der Waals surface area contributed by atoms with E-state index in [1.165, 1.54) is 19.2 Å². The van der Waals surface area contributed by atoms with Crippen LogP contribution in [0.25, 0.3) is 33.2 Å². The third-order valence-electron chi connectivity index (χ3n) is 6.03. The largest absolute Gasteiger partial charge is 0.479 e. The van der Waals surface area contributed by atoms with Crippen LogP contribution in [-0.2, 0) is 16.0 Å². The Morgan fingerprint density at radius 2 is 1.71 bits per heavy atom. The van der Waals surface area contributed by atoms with Crippen molar-refractivity contribution in [3.8, 4) is 34.2 Å². The molecule has 0 radical (unpaired) electrons. The van der Waals surface area contributed by atoms with E-state index in [0.29, 0.717) is 22.6 Å². The fraction of sp³-hybridized carbons (Fsp3) is 0.0645. The molecule has 0 aliphatic carbocycles. The number of anilines is 3. The lowest BCUT2D eigenvalue weighted by Gasteiger charge is -2.16. The molecular formula is C31H25F2N5O3. The summed E-state index contributed by atoms with van der Waals surface area (Å²) in [6, 6.07) is 22.5. The van der Waals surface area contributed by atoms with Crippen LogP contribution < -0.4 is 15.8 Å². The fourth-order valence-corrected chi connectivity index (χ4v) is 4.28. The van der Waals surface area contributed by atoms with E-state index in [0.717, 1.165) is 33.7 Å². The molecule has 5 aromatic rings. The topological polar surface area (TPSA) is 131 Å². The first-order valence-corrected chi connectivity index (χ1v) is 12.0. The van der Waals surface area contributed by atoms with Crippen LogP contribution in [0.3, 0.4) is 0 Å². The van der Waals surface area contributed by atoms with Gasteiger partial charge in [-0.3, -0.25) is 0 Å². The number of ether oxygens (including phenoxy) is 1. The van der Waals surface area contributed by atoms with Gasteiger partial charge >= 0.3 is 0 Å². The van der Waals surface area contributed by atoms with Crippen molar-refractivity contribution in [1.29, 1.82) is 5.26 Å². The van der Waals surface area contributed by atoms with Crippen LogP contribution >= 0.6 is 0 Å². The quantitative estimate of drug-likeness (QED) is 0.251. The zero-order valence-corrected chi connectivity index (χ0v) is 22.0. The van der Waals surface area contributed by atoms with Gasteiger partial charge in [-0.15, -0.1) is 0 Å². The van der Waals surface area contributed by atoms with E-state index in [1.807, 2.05) is 62.1 Å². The summed E-state index contributed by atoms with van der Waals surface area (Å²) < 4.78 is 33.3. The van der Waals surface area contributed by atoms with Crippen molar-refractivity contribution >= 4 is 41.7 Å². The minimum absolute atomic E-state index is 0.0839. The zero-order valence-electron chi connectivity index (χ0n) is 22.0. The van der Waals surface area contributed by atoms with E-state index in [9.17, 15) is 14.0 Å². The van der Waals surface area contributed by atoms with Crippen molar-refractivity contribution in [2.75, 3.05) is 18.2 Å². The molecule has 3 aromatic carbocycles. The Morgan fingerprint density at radius 3 is 2.41 bits per heavy atom. The number of nitriles is 1. The van der Waals surface area contributed by atoms with Crippen molar-refractivity contribution in [3.05, 3.63) is 96.2 Å². The number of aromatic nitrogens is 2. The molecule has 8 nitrogen and oxygen atoms in total. The SMILES string of the molecule is C=O.C=O.COc1nccc(-c2ccc3nc(N)c(-c4ccccc4CC#N)cc3c2)c1Nc1ccc(F)cc1F. The average molecular weight is 554 g/mol. The maximum Gasteiger partial charge on any atom is 0.238 e. The molecule has 5 rings (SSSR count). The van der Waals surface area contributed by atoms with Gasteiger partial charge in [-0.25, -0.2) is 18.7 Å². The average Bonchev–Trinajstić information content (AvgIpc) is 3.00. The second-order valence-corrected chi connectivity index (χ2v) is 8.31. The lowest BCUT2D eigenvalue weighted by Crippen LogP contribution is -2.01. The number of hydrogen-bond acceptors (Lipinski definition) is 8. The zero-order chi connectivity index (χ0) is 29.9. The highest BCUT2D eigenvalue weighted by molar-refractivity contribution is 5.94. The molecule has 0 saturated heterocycles. The molecule has 0 amide bonds. The van der Waals surface area contributed by atoms with E-state index in [-0.39, 0.29) is 18.0 Å². The molecule has 41 heavy (non-hydrogen) atoms. The van der Waals surface area contributed by atoms with E-state index >= 15 is 0 Å². The van der Waals surface area contributed by atoms with Gasteiger partial charge in [0.2, 0.25) is 5.88 Å². The molecule has 3 N–H and O–H groups in total. The molecule has 2 heterocycles. The molecule has 2 aromatic heterocycles. The number of benzene rings is 3. The van der Waals surface area contributed by atoms with Gasteiger partial charge < -0.3 is 25.4 Å². The van der Waals surface area contributed by atoms with Gasteiger partial charge in [0.25, 0.3) is 0 Å². The molecule has 0 spiro atoms. The summed E-state index contributed by atoms with van der Waals surface area (Å²) in [6.07, 6.45) is 1.84. The predicted octanol–water partition coefficient (Wildman–Crippen LogP) is 6.27. The van der Waals surface area contributed by atoms with E-state index in [1.54, 1.807) is 12.3 Å². The summed E-state index contributed by atoms with van der Waals surface area (Å²) in [5.74, 6) is -0.793. The van der Waals surface area contributed by atoms with Gasteiger partial charge in [0.1, 0.15) is 36.7 Å². The normalized spacial score (nSPS) is 9.90. The molecule has 0 atom stereocenters. The van der Waals surface area contributed by atoms with E-state index < -0.39 is 11.6 Å². The summed E-state index contributed by atoms with van der Waals surface area (Å²) in [5, 5.41) is 13.1. The van der Waals surface area contributed by atoms with Gasteiger partial charge in [0.05, 0.1) is 30.8 Å². The highest BCUT2D eigenvalue weighted by atomic mass is 19.1. The lowest BCUT2D eigenvalue weighted by molar-refractivity contribution is -0.0987. The van der Waals surface area contributed by atoms with Crippen molar-refractivity contribution < 1.29 is 23.1 Å². The Kier molecular flexibility index (Phi) is 10.1. The molecule has 206 valence electrons. The molecule has 10 heteroatoms. The van der Waals surface area contributed by atoms with Crippen molar-refractivity contribution in [2.24, 2.45) is 0 Å². The number of rotatable bonds is 6. The number of nitrogen functional groups attached to an aromatic ring is 1. The highest BCUT2D eigenvalue weighted by Crippen LogP contribution is 2.39. The van der Waals surface area contributed by atoms with Gasteiger partial charge in [-0.2, -0.15) is 5.26 Å². The molecule has 0 saturated carbocycles. The third kappa shape index (κ3) is 6.49. The van der Waals surface area contributed by atoms with Crippen LogP contribution in [0.4, 0.5) is 26.0 Å². The monoisotopic (exact) mass is 553 g/mol. The molecule has 0 aliphatic rings. The highest BCUT2D eigenvalue weighted by Gasteiger charge is 2.17. The maximum absolute atomic E-state index is 14.4. The van der Waals surface area contributed by atoms with Crippen molar-refractivity contribution in [2.45, 2.75) is 6.42 Å². The number of fused-ring (bicyclic) bond motifs is 1. The minimum Gasteiger partial charge on any atom is -0.479 e. The Balaban J connectivity index is 0.00000111. The number of carbonyl (C=O) groups excluding carboxylic acids is 2. The smallest absolute Gasteiger partial charge is 0.238 e. The Bertz CT molecular complexity index is 1720. The van der Waals surface area contributed by atoms with Gasteiger partial charge in [0.15, 0.2) is 0 Å². The number of pyridine rings is 2. The standard InChI is InChI=1S/C29H21F2N5O.2CH2O/c1-37-29-27(35-26-9-7-20(30)16-24(26)31)22(11-13-34-29)18-6-8-25-19(14-18)15-23(28(33)36-25)21-5-3-2-4-17(21)10-12-32;2*1-2/h2-9,11,13-16,35H,10H2,1H3,(H2,33,36);2*1H2. The summed E-state index contributed by atoms with van der Waals surface area (Å²) in [7, 11) is 1.47. The van der Waals surface area contributed by atoms with E-state index in [4.69, 9.17) is 20.1 Å². The minimum atomic E-state index is -0.740. The van der Waals surface area contributed by atoms with Crippen LogP contribution in [0.5, 0.6) is 5.88 Å². The molecular weight excluding hydrogens is 528 g/mol. The Hall–Kier alpha value is -5.69. The summed E-state index contributed by atoms with van der Waals surface area (Å²) in [4.78, 5) is 24.8. The molecule has 0 bridgehead atoms. The second kappa shape index (κ2) is 13.9. The summed E-state index contributed by atoms with van der Waals surface area (Å²) in [5.41, 5.74) is 11.5. The van der Waals surface area contributed by atoms with Crippen LogP contribution in [0, 0.1) is 23.0 Å². The van der Waals surface area contributed by atoms with Crippen LogP contribution in [0.15, 0.2) is 79.0 Å². The lowest BCUT2D eigenvalue weighted by atomic mass is 9.96. The fourth-order valence-electron chi connectivity index (χ4n) is 4.28. The van der Waals surface area contributed by atoms with Gasteiger partial charge in [-0.1, -0.05) is 30.3 Å². The van der Waals surface area contributed by atoms with Crippen LogP contribution in [0.1, 0.15) is 5.56 Å². The second-order valence-electron chi connectivity index (χ2n) is 8.31. The van der Waals surface area contributed by atoms with Crippen molar-refractivity contribution in [3.63, 3.8) is 0 Å². The number of methoxy groups -OCH3 is 1. The third-order valence-corrected chi connectivity index (χ3v) is 6.03. The maximum atomic E-state index is 14.4. The van der Waals surface area contributed by atoms with E-state index in [2.05, 4.69) is 21.4 Å². The number of halogens is 2. The summed E-state index contributed by atoms with van der Waals surface area (Å²) in [6.45, 7) is 4.00. The van der Waals surface area contributed by atoms with Crippen LogP contribution in [0.2, 0.25) is 0 Å². The first-order valence-electron chi connectivity index (χ1n) is 12.0. The van der Waals surface area contributed by atoms with Crippen LogP contribution in [-0.4, -0.2) is 30.7 Å². The Morgan fingerprint density at radius 1 is 0.951 bits per heavy atom. The Labute approximate surface area is 235 Å². The first kappa shape index (κ1) is 29.9. The predicted molar refractivity (Wildman–Crippen MR) is 155 cm³/mol. The molecule has 0 fully saturated rings. The molecule has 0 unspecified atom stereocenters. The number of carbonyl (C=O) groups is 2. The van der Waals surface area contributed by atoms with Crippen molar-refractivity contribution in [1.82, 2.24) is 9.97 Å². The number of nitrogens with one attached hydrogen (secondary N) is 1. The van der Waals surface area contributed by atoms with Gasteiger partial charge in [0, 0.05) is 28.8 Å². The number of nitrogens with two attached hydrogens (primary N) is 1. The number of nitrogens with zero attached hydrogens (tertiary/aromatic N) is 3. The van der Waals surface area contributed by atoms with Gasteiger partial charge in [-0.05, 0) is 53.1 Å². The molecule has 0 aliphatic heterocycles.